The number of carboxylic acids is 1. The van der Waals surface area contributed by atoms with E-state index in [2.05, 4.69) is 30.2 Å². The first-order valence-electron chi connectivity index (χ1n) is 6.49. The van der Waals surface area contributed by atoms with Gasteiger partial charge in [0.2, 0.25) is 0 Å². The highest BCUT2D eigenvalue weighted by molar-refractivity contribution is 7.10. The van der Waals surface area contributed by atoms with Crippen LogP contribution in [0.1, 0.15) is 40.8 Å². The van der Waals surface area contributed by atoms with Crippen molar-refractivity contribution in [2.75, 3.05) is 5.32 Å². The van der Waals surface area contributed by atoms with E-state index in [1.807, 2.05) is 11.4 Å². The number of hydrogen-bond donors (Lipinski definition) is 2. The second kappa shape index (κ2) is 6.05. The van der Waals surface area contributed by atoms with Crippen LogP contribution in [-0.2, 0) is 0 Å². The van der Waals surface area contributed by atoms with Gasteiger partial charge in [-0.25, -0.2) is 9.78 Å². The fraction of sp³-hybridized carbons (Fsp3) is 0.333. The number of pyridine rings is 1. The Balaban J connectivity index is 2.29. The van der Waals surface area contributed by atoms with Gasteiger partial charge in [0.05, 0.1) is 11.6 Å². The van der Waals surface area contributed by atoms with Crippen LogP contribution in [0.15, 0.2) is 29.6 Å². The average Bonchev–Trinajstić information content (AvgIpc) is 2.88. The Morgan fingerprint density at radius 1 is 1.40 bits per heavy atom. The molecule has 5 heteroatoms. The molecule has 0 fully saturated rings. The van der Waals surface area contributed by atoms with Crippen LogP contribution in [0.25, 0.3) is 0 Å². The van der Waals surface area contributed by atoms with Gasteiger partial charge in [-0.05, 0) is 36.4 Å². The van der Waals surface area contributed by atoms with Crippen LogP contribution in [0, 0.1) is 12.8 Å². The summed E-state index contributed by atoms with van der Waals surface area (Å²) in [5.74, 6) is 0.0505. The predicted molar refractivity (Wildman–Crippen MR) is 81.5 cm³/mol. The van der Waals surface area contributed by atoms with E-state index in [0.717, 1.165) is 0 Å². The summed E-state index contributed by atoms with van der Waals surface area (Å²) in [4.78, 5) is 16.7. The minimum absolute atomic E-state index is 0.131. The minimum atomic E-state index is -0.934. The summed E-state index contributed by atoms with van der Waals surface area (Å²) in [5.41, 5.74) is 0.953. The van der Waals surface area contributed by atoms with Crippen LogP contribution >= 0.6 is 11.3 Å². The summed E-state index contributed by atoms with van der Waals surface area (Å²) in [5, 5.41) is 14.5. The highest BCUT2D eigenvalue weighted by Gasteiger charge is 2.18. The summed E-state index contributed by atoms with van der Waals surface area (Å²) < 4.78 is 0. The van der Waals surface area contributed by atoms with Gasteiger partial charge >= 0.3 is 5.97 Å². The van der Waals surface area contributed by atoms with E-state index in [1.54, 1.807) is 30.4 Å². The molecule has 0 bridgehead atoms. The monoisotopic (exact) mass is 290 g/mol. The van der Waals surface area contributed by atoms with Crippen molar-refractivity contribution in [1.82, 2.24) is 4.98 Å². The molecular weight excluding hydrogens is 272 g/mol. The second-order valence-electron chi connectivity index (χ2n) is 5.07. The summed E-state index contributed by atoms with van der Waals surface area (Å²) in [7, 11) is 0. The number of rotatable bonds is 5. The van der Waals surface area contributed by atoms with E-state index < -0.39 is 5.97 Å². The van der Waals surface area contributed by atoms with E-state index in [1.165, 1.54) is 4.88 Å². The summed E-state index contributed by atoms with van der Waals surface area (Å²) >= 11 is 1.69. The van der Waals surface area contributed by atoms with Gasteiger partial charge in [0.25, 0.3) is 0 Å². The molecule has 0 saturated heterocycles. The number of hydrogen-bond acceptors (Lipinski definition) is 4. The van der Waals surface area contributed by atoms with Crippen molar-refractivity contribution in [2.45, 2.75) is 26.8 Å². The molecule has 2 aromatic heterocycles. The van der Waals surface area contributed by atoms with Crippen molar-refractivity contribution in [2.24, 2.45) is 5.92 Å². The molecule has 20 heavy (non-hydrogen) atoms. The minimum Gasteiger partial charge on any atom is -0.478 e. The largest absolute Gasteiger partial charge is 0.478 e. The number of aromatic nitrogens is 1. The molecular formula is C15H18N2O2S. The number of carbonyl (C=O) groups is 1. The smallest absolute Gasteiger partial charge is 0.335 e. The quantitative estimate of drug-likeness (QED) is 0.875. The van der Waals surface area contributed by atoms with Crippen molar-refractivity contribution in [3.05, 3.63) is 45.8 Å². The van der Waals surface area contributed by atoms with E-state index in [0.29, 0.717) is 17.4 Å². The highest BCUT2D eigenvalue weighted by atomic mass is 32.1. The maximum Gasteiger partial charge on any atom is 0.335 e. The zero-order valence-corrected chi connectivity index (χ0v) is 12.6. The molecule has 4 nitrogen and oxygen atoms in total. The molecule has 2 aromatic rings. The lowest BCUT2D eigenvalue weighted by molar-refractivity contribution is 0.0696. The molecule has 0 aromatic carbocycles. The number of thiophene rings is 1. The Bertz CT molecular complexity index is 594. The molecule has 0 radical (unpaired) electrons. The van der Waals surface area contributed by atoms with Gasteiger partial charge in [-0.2, -0.15) is 0 Å². The van der Waals surface area contributed by atoms with Crippen molar-refractivity contribution in [3.63, 3.8) is 0 Å². The maximum absolute atomic E-state index is 11.1. The topological polar surface area (TPSA) is 62.2 Å². The van der Waals surface area contributed by atoms with Gasteiger partial charge in [0.1, 0.15) is 5.82 Å². The molecule has 1 unspecified atom stereocenters. The molecule has 0 aliphatic carbocycles. The lowest BCUT2D eigenvalue weighted by Crippen LogP contribution is -2.17. The molecule has 0 amide bonds. The van der Waals surface area contributed by atoms with Crippen LogP contribution in [0.2, 0.25) is 0 Å². The lowest BCUT2D eigenvalue weighted by atomic mass is 10.0. The average molecular weight is 290 g/mol. The first kappa shape index (κ1) is 14.5. The summed E-state index contributed by atoms with van der Waals surface area (Å²) in [6.45, 7) is 6.06. The van der Waals surface area contributed by atoms with Crippen LogP contribution in [0.4, 0.5) is 5.82 Å². The van der Waals surface area contributed by atoms with Gasteiger partial charge in [0.15, 0.2) is 0 Å². The number of aryl methyl sites for hydroxylation is 1. The molecule has 106 valence electrons. The number of nitrogens with one attached hydrogen (secondary N) is 1. The number of carboxylic acid groups (broad SMARTS) is 1. The van der Waals surface area contributed by atoms with E-state index in [4.69, 9.17) is 5.11 Å². The lowest BCUT2D eigenvalue weighted by Gasteiger charge is -2.22. The van der Waals surface area contributed by atoms with Crippen LogP contribution in [-0.4, -0.2) is 16.1 Å². The first-order valence-corrected chi connectivity index (χ1v) is 7.37. The fourth-order valence-corrected chi connectivity index (χ4v) is 3.01. The third kappa shape index (κ3) is 3.36. The van der Waals surface area contributed by atoms with Crippen molar-refractivity contribution >= 4 is 23.1 Å². The van der Waals surface area contributed by atoms with Gasteiger partial charge in [0, 0.05) is 10.6 Å². The standard InChI is InChI=1S/C15H18N2O2S/c1-9(2)14(12-5-4-6-20-12)17-13-8-11(15(18)19)7-10(3)16-13/h4-9,14H,1-3H3,(H,16,17)(H,18,19). The molecule has 2 N–H and O–H groups in total. The van der Waals surface area contributed by atoms with Crippen molar-refractivity contribution < 1.29 is 9.90 Å². The summed E-state index contributed by atoms with van der Waals surface area (Å²) in [6, 6.07) is 7.38. The van der Waals surface area contributed by atoms with E-state index >= 15 is 0 Å². The predicted octanol–water partition coefficient (Wildman–Crippen LogP) is 3.96. The van der Waals surface area contributed by atoms with Gasteiger partial charge in [-0.1, -0.05) is 19.9 Å². The van der Waals surface area contributed by atoms with Crippen LogP contribution in [0.3, 0.4) is 0 Å². The van der Waals surface area contributed by atoms with Crippen molar-refractivity contribution in [1.29, 1.82) is 0 Å². The normalized spacial score (nSPS) is 12.4. The molecule has 0 aliphatic heterocycles. The Morgan fingerprint density at radius 3 is 2.70 bits per heavy atom. The molecule has 2 heterocycles. The Morgan fingerprint density at radius 2 is 2.15 bits per heavy atom. The van der Waals surface area contributed by atoms with E-state index in [-0.39, 0.29) is 11.6 Å². The summed E-state index contributed by atoms with van der Waals surface area (Å²) in [6.07, 6.45) is 0. The molecule has 0 saturated carbocycles. The second-order valence-corrected chi connectivity index (χ2v) is 6.05. The fourth-order valence-electron chi connectivity index (χ4n) is 2.06. The van der Waals surface area contributed by atoms with Gasteiger partial charge < -0.3 is 10.4 Å². The van der Waals surface area contributed by atoms with E-state index in [9.17, 15) is 4.79 Å². The van der Waals surface area contributed by atoms with Gasteiger partial charge in [-0.15, -0.1) is 11.3 Å². The third-order valence-corrected chi connectivity index (χ3v) is 3.98. The third-order valence-electron chi connectivity index (χ3n) is 3.02. The molecule has 2 rings (SSSR count). The maximum atomic E-state index is 11.1. The molecule has 0 aliphatic rings. The van der Waals surface area contributed by atoms with Gasteiger partial charge in [-0.3, -0.25) is 0 Å². The molecule has 1 atom stereocenters. The number of nitrogens with zero attached hydrogens (tertiary/aromatic N) is 1. The zero-order chi connectivity index (χ0) is 14.7. The molecule has 0 spiro atoms. The van der Waals surface area contributed by atoms with Crippen LogP contribution < -0.4 is 5.32 Å². The number of anilines is 1. The zero-order valence-electron chi connectivity index (χ0n) is 11.8. The Hall–Kier alpha value is -1.88. The van der Waals surface area contributed by atoms with Crippen molar-refractivity contribution in [3.8, 4) is 0 Å². The first-order chi connectivity index (χ1) is 9.47. The van der Waals surface area contributed by atoms with Crippen LogP contribution in [0.5, 0.6) is 0 Å². The Labute approximate surface area is 122 Å². The highest BCUT2D eigenvalue weighted by Crippen LogP contribution is 2.29. The number of aromatic carboxylic acids is 1. The Kier molecular flexibility index (Phi) is 4.39. The SMILES string of the molecule is Cc1cc(C(=O)O)cc(NC(c2cccs2)C(C)C)n1.